The number of aryl methyl sites for hydroxylation is 1. The van der Waals surface area contributed by atoms with Crippen molar-refractivity contribution in [3.05, 3.63) is 36.7 Å². The molecule has 1 atom stereocenters. The van der Waals surface area contributed by atoms with E-state index < -0.39 is 0 Å². The minimum absolute atomic E-state index is 0.232. The third-order valence-electron chi connectivity index (χ3n) is 3.88. The molecule has 2 aromatic rings. The Bertz CT molecular complexity index is 534. The molecule has 1 fully saturated rings. The number of nitrogens with zero attached hydrogens (tertiary/aromatic N) is 4. The molecule has 0 radical (unpaired) electrons. The molecule has 0 saturated carbocycles. The zero-order valence-corrected chi connectivity index (χ0v) is 11.4. The molecule has 2 aromatic heterocycles. The molecule has 1 aliphatic heterocycles. The van der Waals surface area contributed by atoms with E-state index in [0.717, 1.165) is 37.9 Å². The SMILES string of the molecule is O=C(CCc1cn[nH]c1)N1CCC[C@H](n2ccnc2)C1. The predicted molar refractivity (Wildman–Crippen MR) is 74.0 cm³/mol. The van der Waals surface area contributed by atoms with Gasteiger partial charge in [0.25, 0.3) is 0 Å². The highest BCUT2D eigenvalue weighted by Gasteiger charge is 2.24. The molecule has 0 spiro atoms. The van der Waals surface area contributed by atoms with Gasteiger partial charge < -0.3 is 9.47 Å². The van der Waals surface area contributed by atoms with Crippen LogP contribution in [-0.4, -0.2) is 43.6 Å². The van der Waals surface area contributed by atoms with Gasteiger partial charge in [-0.2, -0.15) is 5.10 Å². The summed E-state index contributed by atoms with van der Waals surface area (Å²) in [7, 11) is 0. The van der Waals surface area contributed by atoms with E-state index in [4.69, 9.17) is 0 Å². The number of hydrogen-bond acceptors (Lipinski definition) is 3. The minimum Gasteiger partial charge on any atom is -0.341 e. The fourth-order valence-electron chi connectivity index (χ4n) is 2.73. The molecule has 0 aliphatic carbocycles. The normalized spacial score (nSPS) is 19.2. The van der Waals surface area contributed by atoms with Gasteiger partial charge in [0.2, 0.25) is 5.91 Å². The van der Waals surface area contributed by atoms with Crippen molar-refractivity contribution in [2.45, 2.75) is 31.7 Å². The highest BCUT2D eigenvalue weighted by atomic mass is 16.2. The Morgan fingerprint density at radius 1 is 1.50 bits per heavy atom. The number of hydrogen-bond donors (Lipinski definition) is 1. The van der Waals surface area contributed by atoms with Crippen LogP contribution in [0.4, 0.5) is 0 Å². The van der Waals surface area contributed by atoms with Crippen molar-refractivity contribution in [2.75, 3.05) is 13.1 Å². The van der Waals surface area contributed by atoms with Crippen LogP contribution in [-0.2, 0) is 11.2 Å². The van der Waals surface area contributed by atoms with E-state index in [1.54, 1.807) is 12.4 Å². The van der Waals surface area contributed by atoms with Crippen LogP contribution in [0, 0.1) is 0 Å². The summed E-state index contributed by atoms with van der Waals surface area (Å²) in [5.41, 5.74) is 1.08. The van der Waals surface area contributed by atoms with Crippen LogP contribution in [0.5, 0.6) is 0 Å². The number of aromatic nitrogens is 4. The quantitative estimate of drug-likeness (QED) is 0.915. The van der Waals surface area contributed by atoms with Crippen molar-refractivity contribution >= 4 is 5.91 Å². The van der Waals surface area contributed by atoms with E-state index in [0.29, 0.717) is 12.5 Å². The lowest BCUT2D eigenvalue weighted by Gasteiger charge is -2.33. The van der Waals surface area contributed by atoms with Crippen LogP contribution in [0.2, 0.25) is 0 Å². The molecule has 106 valence electrons. The number of imidazole rings is 1. The number of piperidine rings is 1. The first-order chi connectivity index (χ1) is 9.83. The van der Waals surface area contributed by atoms with Crippen molar-refractivity contribution < 1.29 is 4.79 Å². The minimum atomic E-state index is 0.232. The Morgan fingerprint density at radius 2 is 2.45 bits per heavy atom. The van der Waals surface area contributed by atoms with Gasteiger partial charge in [0.1, 0.15) is 0 Å². The van der Waals surface area contributed by atoms with Gasteiger partial charge in [0.05, 0.1) is 18.6 Å². The van der Waals surface area contributed by atoms with Gasteiger partial charge in [-0.1, -0.05) is 0 Å². The van der Waals surface area contributed by atoms with Gasteiger partial charge in [-0.25, -0.2) is 4.98 Å². The third-order valence-corrected chi connectivity index (χ3v) is 3.88. The molecule has 3 rings (SSSR count). The molecular weight excluding hydrogens is 254 g/mol. The van der Waals surface area contributed by atoms with Crippen molar-refractivity contribution in [3.8, 4) is 0 Å². The fraction of sp³-hybridized carbons (Fsp3) is 0.500. The molecule has 0 aromatic carbocycles. The van der Waals surface area contributed by atoms with E-state index in [2.05, 4.69) is 19.7 Å². The first-order valence-corrected chi connectivity index (χ1v) is 7.06. The van der Waals surface area contributed by atoms with Gasteiger partial charge >= 0.3 is 0 Å². The fourth-order valence-corrected chi connectivity index (χ4v) is 2.73. The summed E-state index contributed by atoms with van der Waals surface area (Å²) in [5.74, 6) is 0.232. The van der Waals surface area contributed by atoms with Gasteiger partial charge in [-0.05, 0) is 24.8 Å². The number of amides is 1. The van der Waals surface area contributed by atoms with Crippen LogP contribution >= 0.6 is 0 Å². The molecular formula is C14H19N5O. The summed E-state index contributed by atoms with van der Waals surface area (Å²) in [4.78, 5) is 18.3. The largest absolute Gasteiger partial charge is 0.341 e. The molecule has 1 N–H and O–H groups in total. The van der Waals surface area contributed by atoms with Crippen molar-refractivity contribution in [2.24, 2.45) is 0 Å². The number of rotatable bonds is 4. The molecule has 6 heteroatoms. The lowest BCUT2D eigenvalue weighted by atomic mass is 10.0. The maximum atomic E-state index is 12.3. The summed E-state index contributed by atoms with van der Waals surface area (Å²) in [5, 5.41) is 6.67. The number of likely N-dealkylation sites (tertiary alicyclic amines) is 1. The summed E-state index contributed by atoms with van der Waals surface area (Å²) in [6.45, 7) is 1.66. The topological polar surface area (TPSA) is 66.8 Å². The van der Waals surface area contributed by atoms with E-state index in [1.807, 2.05) is 23.6 Å². The van der Waals surface area contributed by atoms with Gasteiger partial charge in [-0.3, -0.25) is 9.89 Å². The maximum absolute atomic E-state index is 12.3. The van der Waals surface area contributed by atoms with Crippen molar-refractivity contribution in [3.63, 3.8) is 0 Å². The second-order valence-corrected chi connectivity index (χ2v) is 5.25. The average Bonchev–Trinajstić information content (AvgIpc) is 3.18. The Morgan fingerprint density at radius 3 is 3.20 bits per heavy atom. The van der Waals surface area contributed by atoms with Gasteiger partial charge in [-0.15, -0.1) is 0 Å². The summed E-state index contributed by atoms with van der Waals surface area (Å²) < 4.78 is 2.11. The lowest BCUT2D eigenvalue weighted by Crippen LogP contribution is -2.40. The highest BCUT2D eigenvalue weighted by molar-refractivity contribution is 5.76. The summed E-state index contributed by atoms with van der Waals surface area (Å²) in [6.07, 6.45) is 12.7. The zero-order valence-electron chi connectivity index (χ0n) is 11.4. The Hall–Kier alpha value is -2.11. The van der Waals surface area contributed by atoms with Gasteiger partial charge in [0.15, 0.2) is 0 Å². The van der Waals surface area contributed by atoms with E-state index in [-0.39, 0.29) is 5.91 Å². The molecule has 1 amide bonds. The summed E-state index contributed by atoms with van der Waals surface area (Å²) in [6, 6.07) is 0.365. The Labute approximate surface area is 117 Å². The first kappa shape index (κ1) is 12.9. The third kappa shape index (κ3) is 2.89. The molecule has 0 bridgehead atoms. The number of H-pyrrole nitrogens is 1. The second kappa shape index (κ2) is 5.90. The predicted octanol–water partition coefficient (Wildman–Crippen LogP) is 1.40. The van der Waals surface area contributed by atoms with Gasteiger partial charge in [0, 0.05) is 38.1 Å². The smallest absolute Gasteiger partial charge is 0.222 e. The molecule has 1 saturated heterocycles. The number of carbonyl (C=O) groups excluding carboxylic acids is 1. The van der Waals surface area contributed by atoms with E-state index >= 15 is 0 Å². The molecule has 20 heavy (non-hydrogen) atoms. The van der Waals surface area contributed by atoms with Crippen LogP contribution in [0.15, 0.2) is 31.1 Å². The monoisotopic (exact) mass is 273 g/mol. The lowest BCUT2D eigenvalue weighted by molar-refractivity contribution is -0.132. The molecule has 0 unspecified atom stereocenters. The highest BCUT2D eigenvalue weighted by Crippen LogP contribution is 2.21. The number of aromatic amines is 1. The maximum Gasteiger partial charge on any atom is 0.222 e. The van der Waals surface area contributed by atoms with E-state index in [9.17, 15) is 4.79 Å². The zero-order chi connectivity index (χ0) is 13.8. The van der Waals surface area contributed by atoms with Crippen LogP contribution in [0.3, 0.4) is 0 Å². The Balaban J connectivity index is 1.55. The Kier molecular flexibility index (Phi) is 3.80. The average molecular weight is 273 g/mol. The van der Waals surface area contributed by atoms with Crippen molar-refractivity contribution in [1.29, 1.82) is 0 Å². The van der Waals surface area contributed by atoms with Crippen LogP contribution in [0.25, 0.3) is 0 Å². The summed E-state index contributed by atoms with van der Waals surface area (Å²) >= 11 is 0. The second-order valence-electron chi connectivity index (χ2n) is 5.25. The van der Waals surface area contributed by atoms with Crippen LogP contribution < -0.4 is 0 Å². The molecule has 6 nitrogen and oxygen atoms in total. The molecule has 1 aliphatic rings. The van der Waals surface area contributed by atoms with Crippen molar-refractivity contribution in [1.82, 2.24) is 24.6 Å². The standard InChI is InChI=1S/C14H19N5O/c20-14(4-3-12-8-16-17-9-12)18-6-1-2-13(10-18)19-7-5-15-11-19/h5,7-9,11,13H,1-4,6,10H2,(H,16,17)/t13-/m0/s1. The number of carbonyl (C=O) groups is 1. The first-order valence-electron chi connectivity index (χ1n) is 7.06. The van der Waals surface area contributed by atoms with E-state index in [1.165, 1.54) is 0 Å². The number of nitrogens with one attached hydrogen (secondary N) is 1. The van der Waals surface area contributed by atoms with Crippen LogP contribution in [0.1, 0.15) is 30.9 Å². The molecule has 3 heterocycles.